The minimum absolute atomic E-state index is 0.293. The molecule has 1 aliphatic heterocycles. The molecule has 1 aliphatic rings. The number of aryl methyl sites for hydroxylation is 1. The van der Waals surface area contributed by atoms with E-state index in [-0.39, 0.29) is 5.92 Å². The summed E-state index contributed by atoms with van der Waals surface area (Å²) in [6, 6.07) is 8.11. The smallest absolute Gasteiger partial charge is 0.257 e. The Bertz CT molecular complexity index is 984. The van der Waals surface area contributed by atoms with Gasteiger partial charge >= 0.3 is 0 Å². The summed E-state index contributed by atoms with van der Waals surface area (Å²) < 4.78 is 28.0. The van der Waals surface area contributed by atoms with Crippen LogP contribution < -0.4 is 15.5 Å². The highest BCUT2D eigenvalue weighted by atomic mass is 19.1. The molecule has 178 valence electrons. The first-order valence-electron chi connectivity index (χ1n) is 11.3. The second kappa shape index (κ2) is 10.7. The normalized spacial score (nSPS) is 15.4. The van der Waals surface area contributed by atoms with Gasteiger partial charge in [-0.3, -0.25) is 9.59 Å². The maximum absolute atomic E-state index is 14.0. The first-order valence-corrected chi connectivity index (χ1v) is 11.3. The number of likely N-dealkylation sites (N-methyl/N-ethyl adjacent to an activating group) is 1. The number of carbonyl (C=O) groups is 2. The number of anilines is 2. The molecule has 0 bridgehead atoms. The summed E-state index contributed by atoms with van der Waals surface area (Å²) in [5, 5.41) is 5.34. The number of hydrogen-bond donors (Lipinski definition) is 2. The van der Waals surface area contributed by atoms with E-state index >= 15 is 0 Å². The van der Waals surface area contributed by atoms with Gasteiger partial charge in [0.05, 0.1) is 0 Å². The van der Waals surface area contributed by atoms with Crippen LogP contribution in [-0.4, -0.2) is 55.5 Å². The van der Waals surface area contributed by atoms with Crippen LogP contribution in [0.25, 0.3) is 0 Å². The zero-order valence-electron chi connectivity index (χ0n) is 19.6. The molecule has 0 aliphatic carbocycles. The Kier molecular flexibility index (Phi) is 8.02. The molecular weight excluding hydrogens is 426 g/mol. The van der Waals surface area contributed by atoms with E-state index in [1.54, 1.807) is 13.8 Å². The van der Waals surface area contributed by atoms with Crippen LogP contribution in [-0.2, 0) is 4.79 Å². The number of halogens is 2. The average Bonchev–Trinajstić information content (AvgIpc) is 2.78. The molecule has 0 aromatic heterocycles. The Morgan fingerprint density at radius 1 is 1.03 bits per heavy atom. The Labute approximate surface area is 194 Å². The predicted octanol–water partition coefficient (Wildman–Crippen LogP) is 3.81. The van der Waals surface area contributed by atoms with Gasteiger partial charge in [-0.1, -0.05) is 26.8 Å². The fourth-order valence-corrected chi connectivity index (χ4v) is 3.98. The van der Waals surface area contributed by atoms with Gasteiger partial charge in [-0.05, 0) is 55.3 Å². The summed E-state index contributed by atoms with van der Waals surface area (Å²) in [5.74, 6) is -3.64. The topological polar surface area (TPSA) is 64.7 Å². The Balaban J connectivity index is 1.69. The fourth-order valence-electron chi connectivity index (χ4n) is 3.98. The number of rotatable bonds is 7. The van der Waals surface area contributed by atoms with Gasteiger partial charge in [-0.2, -0.15) is 0 Å². The lowest BCUT2D eigenvalue weighted by Crippen LogP contribution is -2.47. The highest BCUT2D eigenvalue weighted by Gasteiger charge is 2.28. The van der Waals surface area contributed by atoms with Crippen LogP contribution in [0.4, 0.5) is 20.2 Å². The minimum atomic E-state index is -0.971. The third-order valence-corrected chi connectivity index (χ3v) is 6.08. The van der Waals surface area contributed by atoms with Crippen LogP contribution in [0, 0.1) is 24.5 Å². The Morgan fingerprint density at radius 3 is 2.21 bits per heavy atom. The van der Waals surface area contributed by atoms with Crippen molar-refractivity contribution in [3.05, 3.63) is 59.2 Å². The molecule has 1 fully saturated rings. The number of piperazine rings is 1. The van der Waals surface area contributed by atoms with E-state index in [0.717, 1.165) is 56.1 Å². The van der Waals surface area contributed by atoms with Crippen molar-refractivity contribution in [3.63, 3.8) is 0 Å². The van der Waals surface area contributed by atoms with E-state index in [1.807, 2.05) is 25.1 Å². The van der Waals surface area contributed by atoms with Gasteiger partial charge in [0, 0.05) is 37.6 Å². The van der Waals surface area contributed by atoms with E-state index in [4.69, 9.17) is 0 Å². The van der Waals surface area contributed by atoms with Gasteiger partial charge in [0.1, 0.15) is 23.2 Å². The second-order valence-corrected chi connectivity index (χ2v) is 8.70. The monoisotopic (exact) mass is 458 g/mol. The van der Waals surface area contributed by atoms with Crippen molar-refractivity contribution in [2.75, 3.05) is 42.9 Å². The van der Waals surface area contributed by atoms with Crippen molar-refractivity contribution in [2.24, 2.45) is 5.92 Å². The molecule has 2 N–H and O–H groups in total. The Hall–Kier alpha value is -3.00. The molecule has 1 heterocycles. The van der Waals surface area contributed by atoms with Crippen LogP contribution in [0.15, 0.2) is 36.4 Å². The summed E-state index contributed by atoms with van der Waals surface area (Å²) in [6.07, 6.45) is 0. The van der Waals surface area contributed by atoms with Crippen molar-refractivity contribution in [1.82, 2.24) is 10.2 Å². The summed E-state index contributed by atoms with van der Waals surface area (Å²) >= 11 is 0. The van der Waals surface area contributed by atoms with Crippen molar-refractivity contribution >= 4 is 23.2 Å². The maximum atomic E-state index is 14.0. The summed E-state index contributed by atoms with van der Waals surface area (Å²) in [6.45, 7) is 12.6. The molecule has 0 unspecified atom stereocenters. The van der Waals surface area contributed by atoms with E-state index < -0.39 is 35.1 Å². The third-order valence-electron chi connectivity index (χ3n) is 6.08. The fraction of sp³-hybridized carbons (Fsp3) is 0.440. The lowest BCUT2D eigenvalue weighted by atomic mass is 10.0. The van der Waals surface area contributed by atoms with Gasteiger partial charge in [-0.15, -0.1) is 0 Å². The van der Waals surface area contributed by atoms with Crippen molar-refractivity contribution in [1.29, 1.82) is 0 Å². The standard InChI is InChI=1S/C25H32F2N4O2/c1-5-30-11-13-31(14-12-30)18-9-10-21(17(4)15-18)28-25(33)23(16(2)3)29-24(32)22-19(26)7-6-8-20(22)27/h6-10,15-16,23H,5,11-14H2,1-4H3,(H,28,33)(H,29,32)/t23-/m0/s1. The van der Waals surface area contributed by atoms with Crippen molar-refractivity contribution < 1.29 is 18.4 Å². The predicted molar refractivity (Wildman–Crippen MR) is 127 cm³/mol. The molecule has 2 aromatic rings. The second-order valence-electron chi connectivity index (χ2n) is 8.70. The van der Waals surface area contributed by atoms with Gasteiger partial charge in [-0.25, -0.2) is 8.78 Å². The maximum Gasteiger partial charge on any atom is 0.257 e. The van der Waals surface area contributed by atoms with Crippen LogP contribution >= 0.6 is 0 Å². The van der Waals surface area contributed by atoms with Crippen molar-refractivity contribution in [3.8, 4) is 0 Å². The van der Waals surface area contributed by atoms with E-state index in [0.29, 0.717) is 5.69 Å². The largest absolute Gasteiger partial charge is 0.369 e. The SMILES string of the molecule is CCN1CCN(c2ccc(NC(=O)[C@@H](NC(=O)c3c(F)cccc3F)C(C)C)c(C)c2)CC1. The van der Waals surface area contributed by atoms with Gasteiger partial charge in [0.25, 0.3) is 5.91 Å². The number of benzene rings is 2. The molecule has 2 amide bonds. The molecule has 8 heteroatoms. The molecule has 1 saturated heterocycles. The third kappa shape index (κ3) is 5.87. The molecule has 0 saturated carbocycles. The molecule has 1 atom stereocenters. The first kappa shape index (κ1) is 24.6. The molecule has 0 radical (unpaired) electrons. The van der Waals surface area contributed by atoms with Crippen molar-refractivity contribution in [2.45, 2.75) is 33.7 Å². The van der Waals surface area contributed by atoms with Gasteiger partial charge < -0.3 is 20.4 Å². The molecule has 0 spiro atoms. The molecule has 33 heavy (non-hydrogen) atoms. The number of amides is 2. The van der Waals surface area contributed by atoms with Crippen LogP contribution in [0.5, 0.6) is 0 Å². The first-order chi connectivity index (χ1) is 15.7. The quantitative estimate of drug-likeness (QED) is 0.662. The van der Waals surface area contributed by atoms with Gasteiger partial charge in [0.15, 0.2) is 0 Å². The zero-order valence-corrected chi connectivity index (χ0v) is 19.6. The van der Waals surface area contributed by atoms with Crippen LogP contribution in [0.2, 0.25) is 0 Å². The summed E-state index contributed by atoms with van der Waals surface area (Å²) in [4.78, 5) is 30.2. The van der Waals surface area contributed by atoms with Crippen LogP contribution in [0.3, 0.4) is 0 Å². The lowest BCUT2D eigenvalue weighted by molar-refractivity contribution is -0.118. The average molecular weight is 459 g/mol. The molecule has 6 nitrogen and oxygen atoms in total. The summed E-state index contributed by atoms with van der Waals surface area (Å²) in [5.41, 5.74) is 1.94. The summed E-state index contributed by atoms with van der Waals surface area (Å²) in [7, 11) is 0. The van der Waals surface area contributed by atoms with E-state index in [2.05, 4.69) is 27.4 Å². The van der Waals surface area contributed by atoms with E-state index in [1.165, 1.54) is 6.07 Å². The minimum Gasteiger partial charge on any atom is -0.369 e. The lowest BCUT2D eigenvalue weighted by Gasteiger charge is -2.35. The number of nitrogens with one attached hydrogen (secondary N) is 2. The highest BCUT2D eigenvalue weighted by Crippen LogP contribution is 2.24. The Morgan fingerprint density at radius 2 is 1.67 bits per heavy atom. The molecular formula is C25H32F2N4O2. The van der Waals surface area contributed by atoms with Crippen LogP contribution in [0.1, 0.15) is 36.7 Å². The number of nitrogens with zero attached hydrogens (tertiary/aromatic N) is 2. The molecule has 3 rings (SSSR count). The number of hydrogen-bond acceptors (Lipinski definition) is 4. The highest BCUT2D eigenvalue weighted by molar-refractivity contribution is 6.01. The zero-order chi connectivity index (χ0) is 24.1. The van der Waals surface area contributed by atoms with Gasteiger partial charge in [0.2, 0.25) is 5.91 Å². The number of carbonyl (C=O) groups excluding carboxylic acids is 2. The van der Waals surface area contributed by atoms with E-state index in [9.17, 15) is 18.4 Å². The molecule has 2 aromatic carbocycles.